The summed E-state index contributed by atoms with van der Waals surface area (Å²) in [4.78, 5) is 26.6. The first-order valence-corrected chi connectivity index (χ1v) is 13.0. The van der Waals surface area contributed by atoms with Crippen LogP contribution in [0.4, 0.5) is 5.82 Å². The molecule has 1 fully saturated rings. The number of nitrogens with zero attached hydrogens (tertiary/aromatic N) is 2. The van der Waals surface area contributed by atoms with Crippen LogP contribution in [0.3, 0.4) is 0 Å². The highest BCUT2D eigenvalue weighted by atomic mass is 16.5. The van der Waals surface area contributed by atoms with Gasteiger partial charge in [0.25, 0.3) is 5.56 Å². The largest absolute Gasteiger partial charge is 0.497 e. The normalized spacial score (nSPS) is 21.0. The van der Waals surface area contributed by atoms with Gasteiger partial charge in [-0.25, -0.2) is 4.79 Å². The van der Waals surface area contributed by atoms with Gasteiger partial charge < -0.3 is 10.1 Å². The number of benzene rings is 1. The predicted molar refractivity (Wildman–Crippen MR) is 138 cm³/mol. The van der Waals surface area contributed by atoms with Gasteiger partial charge in [-0.2, -0.15) is 0 Å². The van der Waals surface area contributed by atoms with Crippen LogP contribution in [-0.2, 0) is 20.0 Å². The van der Waals surface area contributed by atoms with Crippen molar-refractivity contribution in [3.63, 3.8) is 0 Å². The highest BCUT2D eigenvalue weighted by Gasteiger charge is 2.43. The summed E-state index contributed by atoms with van der Waals surface area (Å²) >= 11 is 0. The first kappa shape index (κ1) is 24.6. The van der Waals surface area contributed by atoms with Crippen LogP contribution >= 0.6 is 0 Å². The molecule has 1 aliphatic carbocycles. The van der Waals surface area contributed by atoms with Crippen molar-refractivity contribution in [1.82, 2.24) is 9.13 Å². The second kappa shape index (κ2) is 10.0. The molecule has 2 aromatic rings. The lowest BCUT2D eigenvalue weighted by Gasteiger charge is -2.34. The molecule has 4 rings (SSSR count). The van der Waals surface area contributed by atoms with Gasteiger partial charge in [0.15, 0.2) is 0 Å². The van der Waals surface area contributed by atoms with Crippen LogP contribution in [0.2, 0.25) is 0 Å². The van der Waals surface area contributed by atoms with Crippen molar-refractivity contribution in [2.45, 2.75) is 90.6 Å². The van der Waals surface area contributed by atoms with E-state index >= 15 is 0 Å². The highest BCUT2D eigenvalue weighted by molar-refractivity contribution is 5.55. The molecule has 2 atom stereocenters. The Balaban J connectivity index is 1.79. The van der Waals surface area contributed by atoms with Gasteiger partial charge in [-0.15, -0.1) is 0 Å². The molecule has 1 aliphatic heterocycles. The first-order chi connectivity index (χ1) is 16.3. The SMILES string of the molecule is CCCC1(CC2Nc3c(c(=O)n(C)c(=O)n3CC(C)C)C2Cc2ccc(OC)cc2)CCCC1. The zero-order valence-corrected chi connectivity index (χ0v) is 21.5. The molecule has 1 saturated carbocycles. The number of anilines is 1. The Morgan fingerprint density at radius 2 is 1.82 bits per heavy atom. The smallest absolute Gasteiger partial charge is 0.332 e. The molecular formula is C28H41N3O3. The van der Waals surface area contributed by atoms with Crippen LogP contribution in [-0.4, -0.2) is 22.3 Å². The van der Waals surface area contributed by atoms with Crippen molar-refractivity contribution < 1.29 is 4.74 Å². The maximum Gasteiger partial charge on any atom is 0.332 e. The molecule has 0 radical (unpaired) electrons. The van der Waals surface area contributed by atoms with Gasteiger partial charge in [0.1, 0.15) is 11.6 Å². The molecule has 2 unspecified atom stereocenters. The Morgan fingerprint density at radius 3 is 2.41 bits per heavy atom. The van der Waals surface area contributed by atoms with Crippen molar-refractivity contribution in [2.24, 2.45) is 18.4 Å². The lowest BCUT2D eigenvalue weighted by molar-refractivity contribution is 0.223. The maximum atomic E-state index is 13.5. The molecule has 0 spiro atoms. The van der Waals surface area contributed by atoms with Crippen LogP contribution in [0.1, 0.15) is 82.8 Å². The fourth-order valence-electron chi connectivity index (χ4n) is 6.42. The fourth-order valence-corrected chi connectivity index (χ4v) is 6.42. The number of ether oxygens (including phenoxy) is 1. The van der Waals surface area contributed by atoms with Gasteiger partial charge in [0.2, 0.25) is 0 Å². The Kier molecular flexibility index (Phi) is 7.25. The summed E-state index contributed by atoms with van der Waals surface area (Å²) in [5.41, 5.74) is 1.93. The molecule has 186 valence electrons. The minimum Gasteiger partial charge on any atom is -0.497 e. The van der Waals surface area contributed by atoms with Gasteiger partial charge >= 0.3 is 5.69 Å². The standard InChI is InChI=1S/C28H41N3O3/c1-6-13-28(14-7-8-15-28)17-23-22(16-20-9-11-21(34-5)12-10-20)24-25(29-23)31(18-19(2)3)27(33)30(4)26(24)32/h9-12,19,22-23,29H,6-8,13-18H2,1-5H3. The maximum absolute atomic E-state index is 13.5. The third-order valence-electron chi connectivity index (χ3n) is 8.02. The van der Waals surface area contributed by atoms with E-state index in [-0.39, 0.29) is 23.2 Å². The Labute approximate surface area is 203 Å². The summed E-state index contributed by atoms with van der Waals surface area (Å²) < 4.78 is 8.46. The lowest BCUT2D eigenvalue weighted by atomic mass is 9.73. The van der Waals surface area contributed by atoms with Gasteiger partial charge in [-0.3, -0.25) is 13.9 Å². The molecule has 1 N–H and O–H groups in total. The molecule has 34 heavy (non-hydrogen) atoms. The van der Waals surface area contributed by atoms with Crippen molar-refractivity contribution in [3.8, 4) is 5.75 Å². The second-order valence-corrected chi connectivity index (χ2v) is 11.0. The number of hydrogen-bond donors (Lipinski definition) is 1. The predicted octanol–water partition coefficient (Wildman–Crippen LogP) is 5.08. The quantitative estimate of drug-likeness (QED) is 0.558. The average Bonchev–Trinajstić information content (AvgIpc) is 3.41. The van der Waals surface area contributed by atoms with E-state index in [1.54, 1.807) is 14.2 Å². The van der Waals surface area contributed by atoms with E-state index in [4.69, 9.17) is 4.74 Å². The molecular weight excluding hydrogens is 426 g/mol. The van der Waals surface area contributed by atoms with E-state index in [9.17, 15) is 9.59 Å². The Morgan fingerprint density at radius 1 is 1.15 bits per heavy atom. The second-order valence-electron chi connectivity index (χ2n) is 11.0. The lowest BCUT2D eigenvalue weighted by Crippen LogP contribution is -2.40. The molecule has 0 bridgehead atoms. The summed E-state index contributed by atoms with van der Waals surface area (Å²) in [6, 6.07) is 8.32. The van der Waals surface area contributed by atoms with E-state index < -0.39 is 0 Å². The van der Waals surface area contributed by atoms with Crippen LogP contribution in [0, 0.1) is 11.3 Å². The summed E-state index contributed by atoms with van der Waals surface area (Å²) in [6.45, 7) is 7.10. The van der Waals surface area contributed by atoms with Crippen LogP contribution in [0.15, 0.2) is 33.9 Å². The summed E-state index contributed by atoms with van der Waals surface area (Å²) in [5.74, 6) is 1.94. The molecule has 0 amide bonds. The number of fused-ring (bicyclic) bond motifs is 1. The van der Waals surface area contributed by atoms with Crippen LogP contribution in [0.5, 0.6) is 5.75 Å². The van der Waals surface area contributed by atoms with E-state index in [0.29, 0.717) is 17.9 Å². The molecule has 6 heteroatoms. The number of methoxy groups -OCH3 is 1. The van der Waals surface area contributed by atoms with Gasteiger partial charge in [-0.05, 0) is 61.1 Å². The Bertz CT molecular complexity index is 1110. The number of hydrogen-bond acceptors (Lipinski definition) is 4. The topological polar surface area (TPSA) is 65.3 Å². The first-order valence-electron chi connectivity index (χ1n) is 13.0. The van der Waals surface area contributed by atoms with E-state index in [1.165, 1.54) is 48.7 Å². The molecule has 0 saturated heterocycles. The van der Waals surface area contributed by atoms with Gasteiger partial charge in [0.05, 0.1) is 12.7 Å². The third kappa shape index (κ3) is 4.69. The van der Waals surface area contributed by atoms with Gasteiger partial charge in [-0.1, -0.05) is 52.2 Å². The Hall–Kier alpha value is -2.50. The van der Waals surface area contributed by atoms with Crippen molar-refractivity contribution in [2.75, 3.05) is 12.4 Å². The summed E-state index contributed by atoms with van der Waals surface area (Å²) in [7, 11) is 3.30. The van der Waals surface area contributed by atoms with Gasteiger partial charge in [0, 0.05) is 25.6 Å². The minimum absolute atomic E-state index is 0.0374. The van der Waals surface area contributed by atoms with E-state index in [2.05, 4.69) is 38.2 Å². The highest BCUT2D eigenvalue weighted by Crippen LogP contribution is 2.49. The third-order valence-corrected chi connectivity index (χ3v) is 8.02. The molecule has 1 aromatic carbocycles. The number of rotatable bonds is 9. The summed E-state index contributed by atoms with van der Waals surface area (Å²) in [5, 5.41) is 3.75. The minimum atomic E-state index is -0.224. The zero-order chi connectivity index (χ0) is 24.5. The summed E-state index contributed by atoms with van der Waals surface area (Å²) in [6.07, 6.45) is 9.35. The number of aromatic nitrogens is 2. The van der Waals surface area contributed by atoms with E-state index in [1.807, 2.05) is 16.7 Å². The van der Waals surface area contributed by atoms with Crippen LogP contribution < -0.4 is 21.3 Å². The van der Waals surface area contributed by atoms with Crippen molar-refractivity contribution in [3.05, 3.63) is 56.2 Å². The molecule has 2 heterocycles. The fraction of sp³-hybridized carbons (Fsp3) is 0.643. The monoisotopic (exact) mass is 467 g/mol. The van der Waals surface area contributed by atoms with Crippen LogP contribution in [0.25, 0.3) is 0 Å². The average molecular weight is 468 g/mol. The van der Waals surface area contributed by atoms with Crippen molar-refractivity contribution >= 4 is 5.82 Å². The molecule has 2 aliphatic rings. The zero-order valence-electron chi connectivity index (χ0n) is 21.5. The molecule has 6 nitrogen and oxygen atoms in total. The van der Waals surface area contributed by atoms with E-state index in [0.717, 1.165) is 30.0 Å². The number of nitrogens with one attached hydrogen (secondary N) is 1. The molecule has 1 aromatic heterocycles. The van der Waals surface area contributed by atoms with Crippen molar-refractivity contribution in [1.29, 1.82) is 0 Å².